The maximum absolute atomic E-state index is 6.10. The van der Waals surface area contributed by atoms with Crippen LogP contribution in [-0.4, -0.2) is 19.3 Å². The van der Waals surface area contributed by atoms with Crippen molar-refractivity contribution < 1.29 is 0 Å². The fourth-order valence-electron chi connectivity index (χ4n) is 2.57. The van der Waals surface area contributed by atoms with Crippen LogP contribution in [0.15, 0.2) is 24.3 Å². The number of nitrogens with zero attached hydrogens (tertiary/aromatic N) is 4. The number of aromatic nitrogens is 4. The molecular weight excluding hydrogens is 250 g/mol. The lowest BCUT2D eigenvalue weighted by Crippen LogP contribution is -2.05. The molecule has 0 atom stereocenters. The average Bonchev–Trinajstić information content (AvgIpc) is 2.88. The number of benzene rings is 1. The van der Waals surface area contributed by atoms with Crippen molar-refractivity contribution in [1.29, 1.82) is 0 Å². The molecule has 3 aromatic rings. The molecule has 2 heterocycles. The molecule has 0 fully saturated rings. The minimum atomic E-state index is 0.475. The zero-order valence-electron chi connectivity index (χ0n) is 12.3. The van der Waals surface area contributed by atoms with Crippen LogP contribution in [-0.2, 0) is 7.05 Å². The smallest absolute Gasteiger partial charge is 0.207 e. The Hall–Kier alpha value is -2.30. The lowest BCUT2D eigenvalue weighted by Gasteiger charge is -2.11. The van der Waals surface area contributed by atoms with Crippen LogP contribution < -0.4 is 5.73 Å². The molecular formula is C15H19N5. The highest BCUT2D eigenvalue weighted by Gasteiger charge is 2.17. The van der Waals surface area contributed by atoms with Crippen molar-refractivity contribution in [1.82, 2.24) is 19.3 Å². The number of aryl methyl sites for hydroxylation is 2. The van der Waals surface area contributed by atoms with Gasteiger partial charge in [0.05, 0.1) is 11.4 Å². The number of fused-ring (bicyclic) bond motifs is 1. The summed E-state index contributed by atoms with van der Waals surface area (Å²) >= 11 is 0. The minimum absolute atomic E-state index is 0.475. The fraction of sp³-hybridized carbons (Fsp3) is 0.333. The Morgan fingerprint density at radius 2 is 2.00 bits per heavy atom. The third-order valence-corrected chi connectivity index (χ3v) is 3.62. The lowest BCUT2D eigenvalue weighted by atomic mass is 10.0. The third kappa shape index (κ3) is 1.78. The summed E-state index contributed by atoms with van der Waals surface area (Å²) in [6.07, 6.45) is 0. The summed E-state index contributed by atoms with van der Waals surface area (Å²) in [6, 6.07) is 8.39. The van der Waals surface area contributed by atoms with Gasteiger partial charge in [0.25, 0.3) is 0 Å². The predicted octanol–water partition coefficient (Wildman–Crippen LogP) is 2.77. The molecule has 104 valence electrons. The van der Waals surface area contributed by atoms with E-state index in [1.54, 1.807) is 0 Å². The van der Waals surface area contributed by atoms with Crippen molar-refractivity contribution in [3.05, 3.63) is 35.5 Å². The van der Waals surface area contributed by atoms with Gasteiger partial charge in [0.1, 0.15) is 5.52 Å². The Morgan fingerprint density at radius 3 is 2.70 bits per heavy atom. The molecule has 0 aliphatic carbocycles. The molecule has 0 amide bonds. The van der Waals surface area contributed by atoms with E-state index in [2.05, 4.69) is 42.1 Å². The second kappa shape index (κ2) is 4.37. The molecule has 5 heteroatoms. The Kier molecular flexibility index (Phi) is 2.78. The lowest BCUT2D eigenvalue weighted by molar-refractivity contribution is 0.762. The van der Waals surface area contributed by atoms with Crippen LogP contribution in [0.25, 0.3) is 16.9 Å². The van der Waals surface area contributed by atoms with Gasteiger partial charge >= 0.3 is 0 Å². The molecule has 1 aromatic carbocycles. The van der Waals surface area contributed by atoms with Gasteiger partial charge in [-0.2, -0.15) is 5.10 Å². The van der Waals surface area contributed by atoms with Crippen LogP contribution in [0.4, 0.5) is 5.95 Å². The molecule has 0 saturated carbocycles. The van der Waals surface area contributed by atoms with E-state index in [0.717, 1.165) is 22.5 Å². The second-order valence-corrected chi connectivity index (χ2v) is 5.44. The number of hydrogen-bond acceptors (Lipinski definition) is 3. The van der Waals surface area contributed by atoms with Crippen molar-refractivity contribution in [3.8, 4) is 5.69 Å². The summed E-state index contributed by atoms with van der Waals surface area (Å²) in [6.45, 7) is 6.31. The highest BCUT2D eigenvalue weighted by molar-refractivity contribution is 5.80. The van der Waals surface area contributed by atoms with Crippen LogP contribution in [0, 0.1) is 6.92 Å². The van der Waals surface area contributed by atoms with Crippen molar-refractivity contribution >= 4 is 17.1 Å². The molecule has 2 N–H and O–H groups in total. The first kappa shape index (κ1) is 12.7. The third-order valence-electron chi connectivity index (χ3n) is 3.62. The highest BCUT2D eigenvalue weighted by Crippen LogP contribution is 2.26. The second-order valence-electron chi connectivity index (χ2n) is 5.44. The van der Waals surface area contributed by atoms with Gasteiger partial charge in [0.2, 0.25) is 5.95 Å². The van der Waals surface area contributed by atoms with Gasteiger partial charge in [-0.15, -0.1) is 0 Å². The number of anilines is 1. The van der Waals surface area contributed by atoms with Gasteiger partial charge in [-0.25, -0.2) is 9.67 Å². The summed E-state index contributed by atoms with van der Waals surface area (Å²) < 4.78 is 3.79. The maximum atomic E-state index is 6.10. The first-order chi connectivity index (χ1) is 9.49. The quantitative estimate of drug-likeness (QED) is 0.778. The van der Waals surface area contributed by atoms with Gasteiger partial charge in [-0.1, -0.05) is 26.0 Å². The van der Waals surface area contributed by atoms with Gasteiger partial charge in [-0.05, 0) is 30.5 Å². The topological polar surface area (TPSA) is 61.7 Å². The summed E-state index contributed by atoms with van der Waals surface area (Å²) in [4.78, 5) is 4.44. The molecule has 0 bridgehead atoms. The normalized spacial score (nSPS) is 11.7. The van der Waals surface area contributed by atoms with E-state index in [9.17, 15) is 0 Å². The van der Waals surface area contributed by atoms with E-state index in [1.807, 2.05) is 29.3 Å². The van der Waals surface area contributed by atoms with E-state index < -0.39 is 0 Å². The molecule has 2 aromatic heterocycles. The first-order valence-electron chi connectivity index (χ1n) is 6.77. The average molecular weight is 269 g/mol. The Balaban J connectivity index is 2.29. The van der Waals surface area contributed by atoms with E-state index in [-0.39, 0.29) is 0 Å². The van der Waals surface area contributed by atoms with E-state index in [0.29, 0.717) is 11.9 Å². The van der Waals surface area contributed by atoms with Crippen LogP contribution >= 0.6 is 0 Å². The van der Waals surface area contributed by atoms with Gasteiger partial charge in [-0.3, -0.25) is 4.57 Å². The van der Waals surface area contributed by atoms with Crippen LogP contribution in [0.2, 0.25) is 0 Å². The minimum Gasteiger partial charge on any atom is -0.369 e. The van der Waals surface area contributed by atoms with Crippen molar-refractivity contribution in [2.75, 3.05) is 5.73 Å². The van der Waals surface area contributed by atoms with Gasteiger partial charge < -0.3 is 5.73 Å². The van der Waals surface area contributed by atoms with Crippen LogP contribution in [0.5, 0.6) is 0 Å². The zero-order chi connectivity index (χ0) is 14.4. The van der Waals surface area contributed by atoms with E-state index in [1.165, 1.54) is 5.56 Å². The van der Waals surface area contributed by atoms with E-state index >= 15 is 0 Å². The number of hydrogen-bond donors (Lipinski definition) is 1. The van der Waals surface area contributed by atoms with Gasteiger partial charge in [0.15, 0.2) is 5.65 Å². The summed E-state index contributed by atoms with van der Waals surface area (Å²) in [7, 11) is 1.92. The Labute approximate surface area is 118 Å². The molecule has 0 saturated heterocycles. The van der Waals surface area contributed by atoms with Crippen molar-refractivity contribution in [2.45, 2.75) is 26.7 Å². The van der Waals surface area contributed by atoms with Crippen LogP contribution in [0.1, 0.15) is 31.0 Å². The predicted molar refractivity (Wildman–Crippen MR) is 81.1 cm³/mol. The molecule has 3 rings (SSSR count). The fourth-order valence-corrected chi connectivity index (χ4v) is 2.57. The monoisotopic (exact) mass is 269 g/mol. The molecule has 0 radical (unpaired) electrons. The highest BCUT2D eigenvalue weighted by atomic mass is 15.3. The first-order valence-corrected chi connectivity index (χ1v) is 6.77. The summed E-state index contributed by atoms with van der Waals surface area (Å²) in [5, 5.41) is 4.41. The number of nitrogen functional groups attached to an aromatic ring is 1. The standard InChI is InChI=1S/C15H19N5/c1-9(2)11-6-5-7-12(8-11)20-14-13(17-15(20)16)10(3)18-19(14)4/h5-9H,1-4H3,(H2,16,17). The Bertz CT molecular complexity index is 779. The maximum Gasteiger partial charge on any atom is 0.207 e. The summed E-state index contributed by atoms with van der Waals surface area (Å²) in [5.41, 5.74) is 11.1. The molecule has 0 spiro atoms. The van der Waals surface area contributed by atoms with Crippen molar-refractivity contribution in [3.63, 3.8) is 0 Å². The number of nitrogens with two attached hydrogens (primary N) is 1. The SMILES string of the molecule is Cc1nn(C)c2c1nc(N)n2-c1cccc(C(C)C)c1. The number of imidazole rings is 1. The summed E-state index contributed by atoms with van der Waals surface area (Å²) in [5.74, 6) is 0.973. The van der Waals surface area contributed by atoms with Crippen LogP contribution in [0.3, 0.4) is 0 Å². The molecule has 0 aliphatic rings. The van der Waals surface area contributed by atoms with Crippen molar-refractivity contribution in [2.24, 2.45) is 7.05 Å². The van der Waals surface area contributed by atoms with E-state index in [4.69, 9.17) is 5.73 Å². The number of rotatable bonds is 2. The largest absolute Gasteiger partial charge is 0.369 e. The Morgan fingerprint density at radius 1 is 1.25 bits per heavy atom. The zero-order valence-corrected chi connectivity index (χ0v) is 12.3. The molecule has 0 unspecified atom stereocenters. The molecule has 0 aliphatic heterocycles. The molecule has 20 heavy (non-hydrogen) atoms. The van der Waals surface area contributed by atoms with Gasteiger partial charge in [0, 0.05) is 7.05 Å². The molecule has 5 nitrogen and oxygen atoms in total.